The maximum absolute atomic E-state index is 10.7. The second-order valence-corrected chi connectivity index (χ2v) is 4.51. The average Bonchev–Trinajstić information content (AvgIpc) is 2.55. The van der Waals surface area contributed by atoms with E-state index >= 15 is 0 Å². The van der Waals surface area contributed by atoms with Gasteiger partial charge in [0.1, 0.15) is 4.88 Å². The lowest BCUT2D eigenvalue weighted by Crippen LogP contribution is -2.14. The first-order valence-electron chi connectivity index (χ1n) is 4.79. The Bertz CT molecular complexity index is 357. The van der Waals surface area contributed by atoms with E-state index in [1.807, 2.05) is 13.0 Å². The first-order valence-corrected chi connectivity index (χ1v) is 5.61. The Hall–Kier alpha value is -1.13. The summed E-state index contributed by atoms with van der Waals surface area (Å²) in [5.74, 6) is -0.847. The van der Waals surface area contributed by atoms with Crippen LogP contribution in [0.3, 0.4) is 0 Å². The van der Waals surface area contributed by atoms with E-state index in [2.05, 4.69) is 11.9 Å². The van der Waals surface area contributed by atoms with Gasteiger partial charge in [0.25, 0.3) is 0 Å². The van der Waals surface area contributed by atoms with Gasteiger partial charge < -0.3 is 10.4 Å². The number of nitrogens with one attached hydrogen (secondary N) is 1. The van der Waals surface area contributed by atoms with Crippen LogP contribution in [0.25, 0.3) is 0 Å². The molecule has 0 bridgehead atoms. The summed E-state index contributed by atoms with van der Waals surface area (Å²) in [6.07, 6.45) is 2.78. The molecule has 1 rings (SSSR count). The van der Waals surface area contributed by atoms with Crippen molar-refractivity contribution in [2.75, 3.05) is 6.54 Å². The first-order chi connectivity index (χ1) is 7.15. The molecule has 1 heterocycles. The number of rotatable bonds is 6. The highest BCUT2D eigenvalue weighted by Gasteiger charge is 2.10. The van der Waals surface area contributed by atoms with Crippen molar-refractivity contribution >= 4 is 17.3 Å². The molecule has 15 heavy (non-hydrogen) atoms. The molecule has 0 aliphatic carbocycles. The quantitative estimate of drug-likeness (QED) is 0.577. The van der Waals surface area contributed by atoms with E-state index in [1.165, 1.54) is 11.3 Å². The summed E-state index contributed by atoms with van der Waals surface area (Å²) in [5.41, 5.74) is 1.07. The molecular formula is C11H15NO2S. The van der Waals surface area contributed by atoms with Crippen LogP contribution in [0.15, 0.2) is 18.7 Å². The molecule has 0 aliphatic heterocycles. The summed E-state index contributed by atoms with van der Waals surface area (Å²) in [4.78, 5) is 12.2. The van der Waals surface area contributed by atoms with Gasteiger partial charge >= 0.3 is 5.97 Å². The fourth-order valence-corrected chi connectivity index (χ4v) is 2.11. The van der Waals surface area contributed by atoms with Crippen molar-refractivity contribution < 1.29 is 9.90 Å². The Morgan fingerprint density at radius 3 is 3.00 bits per heavy atom. The van der Waals surface area contributed by atoms with Crippen LogP contribution in [0.5, 0.6) is 0 Å². The molecule has 82 valence electrons. The fourth-order valence-electron chi connectivity index (χ4n) is 1.23. The maximum Gasteiger partial charge on any atom is 0.345 e. The number of carbonyl (C=O) groups is 1. The lowest BCUT2D eigenvalue weighted by atomic mass is 10.2. The molecule has 3 nitrogen and oxygen atoms in total. The van der Waals surface area contributed by atoms with Gasteiger partial charge in [-0.15, -0.1) is 17.9 Å². The number of thiophene rings is 1. The molecule has 0 radical (unpaired) electrons. The van der Waals surface area contributed by atoms with E-state index in [0.29, 0.717) is 4.88 Å². The molecule has 2 N–H and O–H groups in total. The van der Waals surface area contributed by atoms with E-state index in [1.54, 1.807) is 6.07 Å². The third-order valence-corrected chi connectivity index (χ3v) is 3.15. The highest BCUT2D eigenvalue weighted by atomic mass is 32.1. The van der Waals surface area contributed by atoms with Gasteiger partial charge in [0.15, 0.2) is 0 Å². The predicted molar refractivity (Wildman–Crippen MR) is 62.5 cm³/mol. The molecule has 0 unspecified atom stereocenters. The van der Waals surface area contributed by atoms with E-state index in [4.69, 9.17) is 5.11 Å². The molecule has 0 fully saturated rings. The van der Waals surface area contributed by atoms with Crippen LogP contribution in [-0.2, 0) is 6.54 Å². The van der Waals surface area contributed by atoms with E-state index < -0.39 is 5.97 Å². The Balaban J connectivity index is 2.53. The minimum atomic E-state index is -0.847. The smallest absolute Gasteiger partial charge is 0.345 e. The molecule has 0 spiro atoms. The summed E-state index contributed by atoms with van der Waals surface area (Å²) in [6, 6.07) is 1.74. The Labute approximate surface area is 93.4 Å². The van der Waals surface area contributed by atoms with Crippen molar-refractivity contribution in [2.24, 2.45) is 0 Å². The van der Waals surface area contributed by atoms with E-state index in [0.717, 1.165) is 30.0 Å². The van der Waals surface area contributed by atoms with Crippen LogP contribution in [0.4, 0.5) is 0 Å². The topological polar surface area (TPSA) is 49.3 Å². The van der Waals surface area contributed by atoms with Gasteiger partial charge in [-0.25, -0.2) is 4.79 Å². The van der Waals surface area contributed by atoms with Gasteiger partial charge in [-0.05, 0) is 31.5 Å². The highest BCUT2D eigenvalue weighted by Crippen LogP contribution is 2.21. The fraction of sp³-hybridized carbons (Fsp3) is 0.364. The number of aromatic carboxylic acids is 1. The lowest BCUT2D eigenvalue weighted by molar-refractivity contribution is 0.0702. The van der Waals surface area contributed by atoms with Crippen molar-refractivity contribution in [1.29, 1.82) is 0 Å². The van der Waals surface area contributed by atoms with Crippen LogP contribution in [-0.4, -0.2) is 17.6 Å². The second kappa shape index (κ2) is 5.68. The van der Waals surface area contributed by atoms with Crippen molar-refractivity contribution in [3.05, 3.63) is 34.0 Å². The van der Waals surface area contributed by atoms with Crippen molar-refractivity contribution in [2.45, 2.75) is 19.9 Å². The molecule has 1 aromatic rings. The van der Waals surface area contributed by atoms with Gasteiger partial charge in [-0.2, -0.15) is 0 Å². The number of hydrogen-bond donors (Lipinski definition) is 2. The van der Waals surface area contributed by atoms with E-state index in [-0.39, 0.29) is 0 Å². The summed E-state index contributed by atoms with van der Waals surface area (Å²) in [6.45, 7) is 7.18. The van der Waals surface area contributed by atoms with Crippen molar-refractivity contribution in [3.8, 4) is 0 Å². The normalized spacial score (nSPS) is 10.2. The van der Waals surface area contributed by atoms with Crippen molar-refractivity contribution in [3.63, 3.8) is 0 Å². The Kier molecular flexibility index (Phi) is 4.52. The third kappa shape index (κ3) is 3.49. The summed E-state index contributed by atoms with van der Waals surface area (Å²) >= 11 is 1.33. The molecule has 0 saturated heterocycles. The van der Waals surface area contributed by atoms with Crippen LogP contribution in [0, 0.1) is 6.92 Å². The average molecular weight is 225 g/mol. The zero-order chi connectivity index (χ0) is 11.3. The van der Waals surface area contributed by atoms with Gasteiger partial charge in [0.05, 0.1) is 0 Å². The largest absolute Gasteiger partial charge is 0.477 e. The maximum atomic E-state index is 10.7. The molecule has 0 aromatic carbocycles. The zero-order valence-corrected chi connectivity index (χ0v) is 9.56. The molecule has 0 atom stereocenters. The number of hydrogen-bond acceptors (Lipinski definition) is 3. The van der Waals surface area contributed by atoms with Gasteiger partial charge in [-0.1, -0.05) is 6.08 Å². The summed E-state index contributed by atoms with van der Waals surface area (Å²) in [7, 11) is 0. The number of carboxylic acid groups (broad SMARTS) is 1. The monoisotopic (exact) mass is 225 g/mol. The van der Waals surface area contributed by atoms with E-state index in [9.17, 15) is 4.79 Å². The van der Waals surface area contributed by atoms with Crippen LogP contribution < -0.4 is 5.32 Å². The highest BCUT2D eigenvalue weighted by molar-refractivity contribution is 7.14. The molecule has 0 aliphatic rings. The SMILES string of the molecule is C=CCCNCc1cc(C(=O)O)sc1C. The summed E-state index contributed by atoms with van der Waals surface area (Å²) in [5, 5.41) is 12.0. The molecule has 4 heteroatoms. The van der Waals surface area contributed by atoms with Crippen LogP contribution in [0.2, 0.25) is 0 Å². The minimum Gasteiger partial charge on any atom is -0.477 e. The second-order valence-electron chi connectivity index (χ2n) is 3.25. The Morgan fingerprint density at radius 2 is 2.47 bits per heavy atom. The van der Waals surface area contributed by atoms with Gasteiger partial charge in [-0.3, -0.25) is 0 Å². The van der Waals surface area contributed by atoms with Crippen molar-refractivity contribution in [1.82, 2.24) is 5.32 Å². The Morgan fingerprint density at radius 1 is 1.73 bits per heavy atom. The minimum absolute atomic E-state index is 0.410. The predicted octanol–water partition coefficient (Wildman–Crippen LogP) is 2.42. The zero-order valence-electron chi connectivity index (χ0n) is 8.75. The first kappa shape index (κ1) is 11.9. The summed E-state index contributed by atoms with van der Waals surface area (Å²) < 4.78 is 0. The standard InChI is InChI=1S/C11H15NO2S/c1-3-4-5-12-7-9-6-10(11(13)14)15-8(9)2/h3,6,12H,1,4-5,7H2,2H3,(H,13,14). The third-order valence-electron chi connectivity index (χ3n) is 2.07. The van der Waals surface area contributed by atoms with Crippen LogP contribution >= 0.6 is 11.3 Å². The number of carboxylic acids is 1. The van der Waals surface area contributed by atoms with Gasteiger partial charge in [0.2, 0.25) is 0 Å². The molecule has 0 amide bonds. The van der Waals surface area contributed by atoms with Gasteiger partial charge in [0, 0.05) is 11.4 Å². The number of aryl methyl sites for hydroxylation is 1. The molecule has 0 saturated carbocycles. The lowest BCUT2D eigenvalue weighted by Gasteiger charge is -2.01. The molecular weight excluding hydrogens is 210 g/mol. The van der Waals surface area contributed by atoms with Crippen LogP contribution in [0.1, 0.15) is 26.5 Å². The molecule has 1 aromatic heterocycles.